The second-order valence-electron chi connectivity index (χ2n) is 4.07. The van der Waals surface area contributed by atoms with E-state index in [1.807, 2.05) is 13.0 Å². The van der Waals surface area contributed by atoms with Gasteiger partial charge in [-0.2, -0.15) is 0 Å². The zero-order chi connectivity index (χ0) is 11.5. The van der Waals surface area contributed by atoms with Gasteiger partial charge in [-0.15, -0.1) is 0 Å². The smallest absolute Gasteiger partial charge is 0.166 e. The van der Waals surface area contributed by atoms with Crippen LogP contribution in [0.15, 0.2) is 21.7 Å². The molecular weight excluding hydrogens is 268 g/mol. The quantitative estimate of drug-likeness (QED) is 0.792. The highest BCUT2D eigenvalue weighted by Gasteiger charge is 2.15. The maximum Gasteiger partial charge on any atom is 0.166 e. The fourth-order valence-electron chi connectivity index (χ4n) is 1.75. The third-order valence-electron chi connectivity index (χ3n) is 2.54. The molecule has 0 spiro atoms. The number of carbonyl (C=O) groups is 1. The van der Waals surface area contributed by atoms with Crippen LogP contribution in [0.3, 0.4) is 0 Å². The van der Waals surface area contributed by atoms with Gasteiger partial charge in [-0.05, 0) is 47.3 Å². The van der Waals surface area contributed by atoms with E-state index in [0.717, 1.165) is 28.6 Å². The molecule has 1 saturated carbocycles. The normalized spacial score (nSPS) is 19.1. The zero-order valence-corrected chi connectivity index (χ0v) is 10.7. The lowest BCUT2D eigenvalue weighted by Gasteiger charge is -2.11. The van der Waals surface area contributed by atoms with Crippen LogP contribution in [0.1, 0.15) is 31.2 Å². The van der Waals surface area contributed by atoms with Crippen molar-refractivity contribution >= 4 is 33.2 Å². The van der Waals surface area contributed by atoms with Crippen molar-refractivity contribution in [3.8, 4) is 0 Å². The summed E-state index contributed by atoms with van der Waals surface area (Å²) in [5, 5.41) is 0. The van der Waals surface area contributed by atoms with Crippen molar-refractivity contribution in [2.45, 2.75) is 32.6 Å². The van der Waals surface area contributed by atoms with Gasteiger partial charge in [0, 0.05) is 24.8 Å². The first-order chi connectivity index (χ1) is 7.65. The van der Waals surface area contributed by atoms with Crippen molar-refractivity contribution in [2.75, 3.05) is 0 Å². The van der Waals surface area contributed by atoms with Gasteiger partial charge < -0.3 is 0 Å². The summed E-state index contributed by atoms with van der Waals surface area (Å²) in [6.45, 7) is 1.98. The number of hydrogen-bond donors (Lipinski definition) is 0. The number of ketones is 1. The molecular formula is C12H13BrN2O. The zero-order valence-electron chi connectivity index (χ0n) is 9.16. The minimum Gasteiger partial charge on any atom is -0.299 e. The van der Waals surface area contributed by atoms with E-state index in [0.29, 0.717) is 18.7 Å². The van der Waals surface area contributed by atoms with Crippen LogP contribution >= 0.6 is 15.9 Å². The molecule has 1 fully saturated rings. The van der Waals surface area contributed by atoms with E-state index in [1.165, 1.54) is 0 Å². The van der Waals surface area contributed by atoms with Crippen molar-refractivity contribution in [3.05, 3.63) is 22.3 Å². The Labute approximate surface area is 103 Å². The number of aryl methyl sites for hydroxylation is 1. The molecule has 0 aromatic carbocycles. The predicted molar refractivity (Wildman–Crippen MR) is 67.2 cm³/mol. The summed E-state index contributed by atoms with van der Waals surface area (Å²) in [7, 11) is 0. The van der Waals surface area contributed by atoms with Gasteiger partial charge in [0.1, 0.15) is 5.78 Å². The molecule has 1 aromatic rings. The minimum absolute atomic E-state index is 0.285. The van der Waals surface area contributed by atoms with Gasteiger partial charge >= 0.3 is 0 Å². The number of pyridine rings is 1. The standard InChI is InChI=1S/C12H13BrN2O/c1-8-5-11(13)12(14-7-8)15-9-3-2-4-10(16)6-9/h5,7H,2-4,6H2,1H3. The van der Waals surface area contributed by atoms with Gasteiger partial charge in [-0.3, -0.25) is 4.79 Å². The molecule has 0 saturated heterocycles. The first-order valence-corrected chi connectivity index (χ1v) is 6.15. The Bertz CT molecular complexity index is 454. The molecule has 84 valence electrons. The maximum atomic E-state index is 11.3. The second-order valence-corrected chi connectivity index (χ2v) is 4.92. The van der Waals surface area contributed by atoms with Crippen LogP contribution in [-0.4, -0.2) is 16.5 Å². The lowest BCUT2D eigenvalue weighted by Crippen LogP contribution is -2.14. The molecule has 16 heavy (non-hydrogen) atoms. The fraction of sp³-hybridized carbons (Fsp3) is 0.417. The number of aliphatic imine (C=N–C) groups is 1. The van der Waals surface area contributed by atoms with Crippen LogP contribution < -0.4 is 0 Å². The lowest BCUT2D eigenvalue weighted by molar-refractivity contribution is -0.118. The van der Waals surface area contributed by atoms with Crippen molar-refractivity contribution in [3.63, 3.8) is 0 Å². The van der Waals surface area contributed by atoms with E-state index in [2.05, 4.69) is 25.9 Å². The Kier molecular flexibility index (Phi) is 3.49. The van der Waals surface area contributed by atoms with E-state index in [-0.39, 0.29) is 5.78 Å². The van der Waals surface area contributed by atoms with E-state index in [9.17, 15) is 4.79 Å². The number of rotatable bonds is 1. The molecule has 0 amide bonds. The van der Waals surface area contributed by atoms with Gasteiger partial charge in [0.2, 0.25) is 0 Å². The van der Waals surface area contributed by atoms with Gasteiger partial charge in [-0.1, -0.05) is 0 Å². The van der Waals surface area contributed by atoms with Crippen molar-refractivity contribution < 1.29 is 4.79 Å². The predicted octanol–water partition coefficient (Wildman–Crippen LogP) is 3.37. The van der Waals surface area contributed by atoms with Crippen LogP contribution in [-0.2, 0) is 4.79 Å². The maximum absolute atomic E-state index is 11.3. The van der Waals surface area contributed by atoms with Crippen molar-refractivity contribution in [1.82, 2.24) is 4.98 Å². The molecule has 0 radical (unpaired) electrons. The van der Waals surface area contributed by atoms with Crippen LogP contribution in [0.25, 0.3) is 0 Å². The SMILES string of the molecule is Cc1cnc(N=C2CCCC(=O)C2)c(Br)c1. The van der Waals surface area contributed by atoms with E-state index < -0.39 is 0 Å². The number of nitrogens with zero attached hydrogens (tertiary/aromatic N) is 2. The van der Waals surface area contributed by atoms with Crippen LogP contribution in [0.4, 0.5) is 5.82 Å². The number of aromatic nitrogens is 1. The Balaban J connectivity index is 2.24. The van der Waals surface area contributed by atoms with Crippen LogP contribution in [0.2, 0.25) is 0 Å². The molecule has 0 unspecified atom stereocenters. The lowest BCUT2D eigenvalue weighted by atomic mass is 9.97. The molecule has 1 aromatic heterocycles. The first kappa shape index (κ1) is 11.5. The molecule has 1 aliphatic rings. The summed E-state index contributed by atoms with van der Waals surface area (Å²) in [6, 6.07) is 1.98. The fourth-order valence-corrected chi connectivity index (χ4v) is 2.30. The molecule has 2 rings (SSSR count). The summed E-state index contributed by atoms with van der Waals surface area (Å²) < 4.78 is 0.887. The summed E-state index contributed by atoms with van der Waals surface area (Å²) in [4.78, 5) is 20.0. The highest BCUT2D eigenvalue weighted by Crippen LogP contribution is 2.25. The third kappa shape index (κ3) is 2.76. The van der Waals surface area contributed by atoms with Gasteiger partial charge in [-0.25, -0.2) is 9.98 Å². The van der Waals surface area contributed by atoms with Gasteiger partial charge in [0.25, 0.3) is 0 Å². The minimum atomic E-state index is 0.285. The topological polar surface area (TPSA) is 42.3 Å². The van der Waals surface area contributed by atoms with Crippen LogP contribution in [0.5, 0.6) is 0 Å². The summed E-state index contributed by atoms with van der Waals surface area (Å²) in [5.41, 5.74) is 2.05. The van der Waals surface area contributed by atoms with Crippen molar-refractivity contribution in [1.29, 1.82) is 0 Å². The third-order valence-corrected chi connectivity index (χ3v) is 3.13. The molecule has 1 aliphatic carbocycles. The monoisotopic (exact) mass is 280 g/mol. The number of halogens is 1. The summed E-state index contributed by atoms with van der Waals surface area (Å²) in [6.07, 6.45) is 4.80. The molecule has 3 nitrogen and oxygen atoms in total. The largest absolute Gasteiger partial charge is 0.299 e. The van der Waals surface area contributed by atoms with Gasteiger partial charge in [0.15, 0.2) is 5.82 Å². The van der Waals surface area contributed by atoms with Crippen molar-refractivity contribution in [2.24, 2.45) is 4.99 Å². The number of hydrogen-bond acceptors (Lipinski definition) is 3. The average Bonchev–Trinajstić information content (AvgIpc) is 2.22. The molecule has 0 aliphatic heterocycles. The van der Waals surface area contributed by atoms with Gasteiger partial charge in [0.05, 0.1) is 4.47 Å². The number of carbonyl (C=O) groups excluding carboxylic acids is 1. The van der Waals surface area contributed by atoms with E-state index in [4.69, 9.17) is 0 Å². The molecule has 0 bridgehead atoms. The molecule has 0 atom stereocenters. The van der Waals surface area contributed by atoms with E-state index >= 15 is 0 Å². The Morgan fingerprint density at radius 2 is 2.25 bits per heavy atom. The second kappa shape index (κ2) is 4.87. The molecule has 4 heteroatoms. The number of Topliss-reactive ketones (excluding diaryl/α,β-unsaturated/α-hetero) is 1. The summed E-state index contributed by atoms with van der Waals surface area (Å²) in [5.74, 6) is 0.962. The Morgan fingerprint density at radius 3 is 2.94 bits per heavy atom. The molecule has 0 N–H and O–H groups in total. The van der Waals surface area contributed by atoms with Crippen LogP contribution in [0, 0.1) is 6.92 Å². The van der Waals surface area contributed by atoms with E-state index in [1.54, 1.807) is 6.20 Å². The summed E-state index contributed by atoms with van der Waals surface area (Å²) >= 11 is 3.43. The highest BCUT2D eigenvalue weighted by atomic mass is 79.9. The molecule has 1 heterocycles. The first-order valence-electron chi connectivity index (χ1n) is 5.35. The highest BCUT2D eigenvalue weighted by molar-refractivity contribution is 9.10. The Hall–Kier alpha value is -1.03. The Morgan fingerprint density at radius 1 is 1.44 bits per heavy atom. The average molecular weight is 281 g/mol.